The van der Waals surface area contributed by atoms with Gasteiger partial charge in [-0.1, -0.05) is 67.5 Å². The number of hydrogen-bond acceptors (Lipinski definition) is 3. The van der Waals surface area contributed by atoms with Gasteiger partial charge in [0.15, 0.2) is 0 Å². The Morgan fingerprint density at radius 1 is 1.10 bits per heavy atom. The van der Waals surface area contributed by atoms with Gasteiger partial charge < -0.3 is 15.7 Å². The molecule has 1 unspecified atom stereocenters. The van der Waals surface area contributed by atoms with Gasteiger partial charge in [0.2, 0.25) is 11.8 Å². The van der Waals surface area contributed by atoms with Gasteiger partial charge in [-0.25, -0.2) is 0 Å². The first-order chi connectivity index (χ1) is 18.2. The SMILES string of the molecule is CC(C=CC1=C(C)CCCC1(C)C)=CC=CC(C)=CC(=O)NC(CO)C(=O)NCc1ccc(C(F)(F)F)cc1. The first-order valence-corrected chi connectivity index (χ1v) is 13.0. The van der Waals surface area contributed by atoms with Crippen LogP contribution in [0.25, 0.3) is 0 Å². The lowest BCUT2D eigenvalue weighted by Gasteiger charge is -2.32. The van der Waals surface area contributed by atoms with Gasteiger partial charge in [-0.15, -0.1) is 0 Å². The lowest BCUT2D eigenvalue weighted by Crippen LogP contribution is -2.48. The molecular formula is C31H39F3N2O3. The number of aliphatic hydroxyl groups excluding tert-OH is 1. The van der Waals surface area contributed by atoms with Crippen LogP contribution in [0.1, 0.15) is 65.0 Å². The van der Waals surface area contributed by atoms with Crippen molar-refractivity contribution in [2.45, 2.75) is 72.6 Å². The Morgan fingerprint density at radius 3 is 2.36 bits per heavy atom. The fourth-order valence-corrected chi connectivity index (χ4v) is 4.42. The molecule has 1 aliphatic carbocycles. The maximum atomic E-state index is 12.7. The topological polar surface area (TPSA) is 78.4 Å². The molecule has 0 saturated carbocycles. The minimum atomic E-state index is -4.44. The minimum absolute atomic E-state index is 0.0462. The van der Waals surface area contributed by atoms with Crippen LogP contribution in [0.2, 0.25) is 0 Å². The highest BCUT2D eigenvalue weighted by Gasteiger charge is 2.30. The van der Waals surface area contributed by atoms with Crippen molar-refractivity contribution in [2.75, 3.05) is 6.61 Å². The zero-order valence-corrected chi connectivity index (χ0v) is 23.3. The third kappa shape index (κ3) is 10.4. The Kier molecular flexibility index (Phi) is 11.5. The highest BCUT2D eigenvalue weighted by molar-refractivity contribution is 5.93. The molecule has 0 saturated heterocycles. The molecule has 39 heavy (non-hydrogen) atoms. The number of aliphatic hydroxyl groups is 1. The summed E-state index contributed by atoms with van der Waals surface area (Å²) in [6.45, 7) is 9.82. The Hall–Kier alpha value is -3.39. The van der Waals surface area contributed by atoms with Gasteiger partial charge in [-0.2, -0.15) is 13.2 Å². The monoisotopic (exact) mass is 544 g/mol. The minimum Gasteiger partial charge on any atom is -0.394 e. The molecule has 212 valence electrons. The summed E-state index contributed by atoms with van der Waals surface area (Å²) < 4.78 is 38.0. The van der Waals surface area contributed by atoms with E-state index >= 15 is 0 Å². The van der Waals surface area contributed by atoms with Crippen LogP contribution in [-0.2, 0) is 22.3 Å². The van der Waals surface area contributed by atoms with Gasteiger partial charge in [0, 0.05) is 12.6 Å². The van der Waals surface area contributed by atoms with Crippen molar-refractivity contribution in [2.24, 2.45) is 5.41 Å². The summed E-state index contributed by atoms with van der Waals surface area (Å²) in [6.07, 6.45) is 10.3. The molecule has 8 heteroatoms. The summed E-state index contributed by atoms with van der Waals surface area (Å²) in [7, 11) is 0. The average molecular weight is 545 g/mol. The molecule has 3 N–H and O–H groups in total. The molecule has 2 amide bonds. The fourth-order valence-electron chi connectivity index (χ4n) is 4.42. The highest BCUT2D eigenvalue weighted by Crippen LogP contribution is 2.40. The van der Waals surface area contributed by atoms with Crippen molar-refractivity contribution in [3.05, 3.63) is 94.1 Å². The third-order valence-electron chi connectivity index (χ3n) is 6.70. The lowest BCUT2D eigenvalue weighted by molar-refractivity contribution is -0.137. The second kappa shape index (κ2) is 14.1. The number of allylic oxidation sites excluding steroid dienone is 9. The standard InChI is InChI=1S/C31H39F3N2O3/c1-21(11-16-26-23(3)10-7-17-30(26,4)5)8-6-9-22(2)18-28(38)36-27(20-37)29(39)35-19-24-12-14-25(15-13-24)31(32,33)34/h6,8-9,11-16,18,27,37H,7,10,17,19-20H2,1-5H3,(H,35,39)(H,36,38). The average Bonchev–Trinajstić information content (AvgIpc) is 2.84. The molecular weight excluding hydrogens is 505 g/mol. The molecule has 5 nitrogen and oxygen atoms in total. The van der Waals surface area contributed by atoms with E-state index in [1.165, 1.54) is 42.2 Å². The Balaban J connectivity index is 1.90. The van der Waals surface area contributed by atoms with Crippen molar-refractivity contribution >= 4 is 11.8 Å². The fraction of sp³-hybridized carbons (Fsp3) is 0.419. The van der Waals surface area contributed by atoms with Crippen LogP contribution in [-0.4, -0.2) is 29.6 Å². The summed E-state index contributed by atoms with van der Waals surface area (Å²) in [5.74, 6) is -1.20. The number of carbonyl (C=O) groups is 2. The molecule has 1 aliphatic rings. The number of halogens is 3. The molecule has 0 fully saturated rings. The van der Waals surface area contributed by atoms with Crippen LogP contribution < -0.4 is 10.6 Å². The molecule has 0 aromatic heterocycles. The van der Waals surface area contributed by atoms with Crippen LogP contribution in [0.15, 0.2) is 83.0 Å². The summed E-state index contributed by atoms with van der Waals surface area (Å²) in [5.41, 5.74) is 4.38. The zero-order valence-electron chi connectivity index (χ0n) is 23.3. The molecule has 0 spiro atoms. The molecule has 0 heterocycles. The maximum Gasteiger partial charge on any atom is 0.416 e. The van der Waals surface area contributed by atoms with Crippen molar-refractivity contribution in [1.82, 2.24) is 10.6 Å². The van der Waals surface area contributed by atoms with E-state index in [1.54, 1.807) is 13.0 Å². The predicted molar refractivity (Wildman–Crippen MR) is 148 cm³/mol. The van der Waals surface area contributed by atoms with E-state index in [9.17, 15) is 27.9 Å². The number of hydrogen-bond donors (Lipinski definition) is 3. The van der Waals surface area contributed by atoms with E-state index in [-0.39, 0.29) is 12.0 Å². The molecule has 1 aromatic carbocycles. The normalized spacial score (nSPS) is 17.6. The first-order valence-electron chi connectivity index (χ1n) is 13.0. The van der Waals surface area contributed by atoms with Crippen molar-refractivity contribution in [3.63, 3.8) is 0 Å². The van der Waals surface area contributed by atoms with E-state index < -0.39 is 36.2 Å². The third-order valence-corrected chi connectivity index (χ3v) is 6.70. The van der Waals surface area contributed by atoms with Crippen LogP contribution in [0.5, 0.6) is 0 Å². The van der Waals surface area contributed by atoms with E-state index in [1.807, 2.05) is 19.1 Å². The van der Waals surface area contributed by atoms with Crippen LogP contribution in [0.3, 0.4) is 0 Å². The van der Waals surface area contributed by atoms with Gasteiger partial charge in [0.05, 0.1) is 12.2 Å². The first kappa shape index (κ1) is 31.8. The van der Waals surface area contributed by atoms with Crippen molar-refractivity contribution < 1.29 is 27.9 Å². The number of benzene rings is 1. The van der Waals surface area contributed by atoms with E-state index in [0.29, 0.717) is 11.1 Å². The zero-order chi connectivity index (χ0) is 29.2. The molecule has 0 bridgehead atoms. The van der Waals surface area contributed by atoms with E-state index in [2.05, 4.69) is 43.6 Å². The van der Waals surface area contributed by atoms with Crippen LogP contribution in [0, 0.1) is 5.41 Å². The number of amides is 2. The van der Waals surface area contributed by atoms with Gasteiger partial charge in [-0.3, -0.25) is 9.59 Å². The number of carbonyl (C=O) groups excluding carboxylic acids is 2. The molecule has 1 aromatic rings. The lowest BCUT2D eigenvalue weighted by atomic mass is 9.72. The molecule has 0 aliphatic heterocycles. The predicted octanol–water partition coefficient (Wildman–Crippen LogP) is 6.33. The molecule has 0 radical (unpaired) electrons. The van der Waals surface area contributed by atoms with Crippen molar-refractivity contribution in [1.29, 1.82) is 0 Å². The van der Waals surface area contributed by atoms with E-state index in [0.717, 1.165) is 24.1 Å². The highest BCUT2D eigenvalue weighted by atomic mass is 19.4. The van der Waals surface area contributed by atoms with Gasteiger partial charge >= 0.3 is 6.18 Å². The summed E-state index contributed by atoms with van der Waals surface area (Å²) >= 11 is 0. The number of nitrogens with one attached hydrogen (secondary N) is 2. The second-order valence-electron chi connectivity index (χ2n) is 10.6. The van der Waals surface area contributed by atoms with Gasteiger partial charge in [0.25, 0.3) is 0 Å². The van der Waals surface area contributed by atoms with Gasteiger partial charge in [0.1, 0.15) is 6.04 Å². The molecule has 1 atom stereocenters. The van der Waals surface area contributed by atoms with Gasteiger partial charge in [-0.05, 0) is 74.3 Å². The van der Waals surface area contributed by atoms with Crippen LogP contribution >= 0.6 is 0 Å². The molecule has 2 rings (SSSR count). The maximum absolute atomic E-state index is 12.7. The number of alkyl halides is 3. The Bertz CT molecular complexity index is 1170. The Morgan fingerprint density at radius 2 is 1.77 bits per heavy atom. The summed E-state index contributed by atoms with van der Waals surface area (Å²) in [5, 5.41) is 14.5. The van der Waals surface area contributed by atoms with Crippen LogP contribution in [0.4, 0.5) is 13.2 Å². The quantitative estimate of drug-likeness (QED) is 0.238. The smallest absolute Gasteiger partial charge is 0.394 e. The summed E-state index contributed by atoms with van der Waals surface area (Å²) in [6, 6.07) is 3.17. The summed E-state index contributed by atoms with van der Waals surface area (Å²) in [4.78, 5) is 24.7. The van der Waals surface area contributed by atoms with E-state index in [4.69, 9.17) is 0 Å². The second-order valence-corrected chi connectivity index (χ2v) is 10.6. The Labute approximate surface area is 229 Å². The largest absolute Gasteiger partial charge is 0.416 e. The van der Waals surface area contributed by atoms with Crippen molar-refractivity contribution in [3.8, 4) is 0 Å². The number of rotatable bonds is 10.